The molecule has 106 valence electrons. The zero-order valence-corrected chi connectivity index (χ0v) is 12.0. The summed E-state index contributed by atoms with van der Waals surface area (Å²) in [6.45, 7) is 3.32. The van der Waals surface area contributed by atoms with Crippen molar-refractivity contribution in [1.82, 2.24) is 19.9 Å². The van der Waals surface area contributed by atoms with Crippen LogP contribution in [0.5, 0.6) is 6.01 Å². The van der Waals surface area contributed by atoms with Crippen LogP contribution in [0.25, 0.3) is 0 Å². The number of hydrogen-bond acceptors (Lipinski definition) is 7. The van der Waals surface area contributed by atoms with Gasteiger partial charge in [-0.25, -0.2) is 0 Å². The Morgan fingerprint density at radius 3 is 2.63 bits per heavy atom. The van der Waals surface area contributed by atoms with Crippen LogP contribution in [0.2, 0.25) is 0 Å². The summed E-state index contributed by atoms with van der Waals surface area (Å²) in [5, 5.41) is 6.28. The molecular formula is C12H22N6O. The number of rotatable bonds is 4. The second-order valence-electron chi connectivity index (χ2n) is 4.91. The summed E-state index contributed by atoms with van der Waals surface area (Å²) in [7, 11) is 5.48. The molecule has 1 aromatic rings. The number of anilines is 2. The Morgan fingerprint density at radius 2 is 2.00 bits per heavy atom. The van der Waals surface area contributed by atoms with Crippen molar-refractivity contribution in [3.05, 3.63) is 0 Å². The Hall–Kier alpha value is -1.63. The Bertz CT molecular complexity index is 404. The third-order valence-electron chi connectivity index (χ3n) is 3.56. The van der Waals surface area contributed by atoms with Crippen LogP contribution in [0.3, 0.4) is 0 Å². The smallest absolute Gasteiger partial charge is 0.322 e. The molecule has 2 unspecified atom stereocenters. The topological polar surface area (TPSA) is 75.2 Å². The minimum Gasteiger partial charge on any atom is -0.467 e. The number of aromatic nitrogens is 3. The molecule has 0 aromatic carbocycles. The summed E-state index contributed by atoms with van der Waals surface area (Å²) in [5.41, 5.74) is 0. The van der Waals surface area contributed by atoms with Crippen LogP contribution < -0.4 is 15.4 Å². The average molecular weight is 266 g/mol. The molecule has 1 fully saturated rings. The predicted molar refractivity (Wildman–Crippen MR) is 74.7 cm³/mol. The monoisotopic (exact) mass is 266 g/mol. The molecular weight excluding hydrogens is 244 g/mol. The lowest BCUT2D eigenvalue weighted by Crippen LogP contribution is -2.42. The molecule has 0 radical (unpaired) electrons. The van der Waals surface area contributed by atoms with Gasteiger partial charge in [0.1, 0.15) is 0 Å². The summed E-state index contributed by atoms with van der Waals surface area (Å²) < 4.78 is 5.07. The number of likely N-dealkylation sites (tertiary alicyclic amines) is 1. The lowest BCUT2D eigenvalue weighted by atomic mass is 9.99. The van der Waals surface area contributed by atoms with Crippen LogP contribution in [0.1, 0.15) is 19.8 Å². The summed E-state index contributed by atoms with van der Waals surface area (Å²) in [6, 6.07) is 1.28. The molecule has 1 aliphatic heterocycles. The van der Waals surface area contributed by atoms with Gasteiger partial charge in [0.05, 0.1) is 7.11 Å². The highest BCUT2D eigenvalue weighted by molar-refractivity contribution is 5.36. The second kappa shape index (κ2) is 6.01. The van der Waals surface area contributed by atoms with Gasteiger partial charge in [-0.15, -0.1) is 0 Å². The lowest BCUT2D eigenvalue weighted by Gasteiger charge is -2.35. The number of nitrogens with one attached hydrogen (secondary N) is 2. The van der Waals surface area contributed by atoms with E-state index < -0.39 is 0 Å². The SMILES string of the molecule is CNc1nc(NC2CCN(C)C(C)C2)nc(OC)n1. The quantitative estimate of drug-likeness (QED) is 0.835. The van der Waals surface area contributed by atoms with Gasteiger partial charge >= 0.3 is 6.01 Å². The maximum atomic E-state index is 5.07. The molecule has 2 atom stereocenters. The molecule has 1 aliphatic rings. The molecule has 2 rings (SSSR count). The van der Waals surface area contributed by atoms with Crippen LogP contribution in [-0.2, 0) is 0 Å². The fraction of sp³-hybridized carbons (Fsp3) is 0.750. The van der Waals surface area contributed by atoms with Crippen LogP contribution in [0, 0.1) is 0 Å². The van der Waals surface area contributed by atoms with Crippen molar-refractivity contribution < 1.29 is 4.74 Å². The molecule has 0 amide bonds. The van der Waals surface area contributed by atoms with E-state index in [-0.39, 0.29) is 0 Å². The molecule has 0 saturated carbocycles. The third-order valence-corrected chi connectivity index (χ3v) is 3.56. The van der Waals surface area contributed by atoms with Crippen molar-refractivity contribution in [2.24, 2.45) is 0 Å². The third kappa shape index (κ3) is 3.44. The van der Waals surface area contributed by atoms with Crippen molar-refractivity contribution >= 4 is 11.9 Å². The molecule has 0 spiro atoms. The first kappa shape index (κ1) is 13.8. The number of methoxy groups -OCH3 is 1. The van der Waals surface area contributed by atoms with E-state index in [2.05, 4.69) is 44.5 Å². The standard InChI is InChI=1S/C12H22N6O/c1-8-7-9(5-6-18(8)3)14-11-15-10(13-2)16-12(17-11)19-4/h8-9H,5-7H2,1-4H3,(H2,13,14,15,16,17). The van der Waals surface area contributed by atoms with Crippen molar-refractivity contribution in [1.29, 1.82) is 0 Å². The largest absolute Gasteiger partial charge is 0.467 e. The van der Waals surface area contributed by atoms with Crippen molar-refractivity contribution in [2.45, 2.75) is 31.8 Å². The van der Waals surface area contributed by atoms with Gasteiger partial charge in [-0.3, -0.25) is 0 Å². The van der Waals surface area contributed by atoms with Crippen LogP contribution >= 0.6 is 0 Å². The Morgan fingerprint density at radius 1 is 1.26 bits per heavy atom. The fourth-order valence-corrected chi connectivity index (χ4v) is 2.23. The van der Waals surface area contributed by atoms with E-state index in [1.807, 2.05) is 0 Å². The molecule has 2 N–H and O–H groups in total. The van der Waals surface area contributed by atoms with E-state index in [9.17, 15) is 0 Å². The lowest BCUT2D eigenvalue weighted by molar-refractivity contribution is 0.189. The van der Waals surface area contributed by atoms with Gasteiger partial charge in [0.15, 0.2) is 0 Å². The maximum absolute atomic E-state index is 5.07. The van der Waals surface area contributed by atoms with E-state index in [0.717, 1.165) is 19.4 Å². The Labute approximate surface area is 113 Å². The summed E-state index contributed by atoms with van der Waals surface area (Å²) >= 11 is 0. The van der Waals surface area contributed by atoms with E-state index in [0.29, 0.717) is 30.0 Å². The zero-order valence-electron chi connectivity index (χ0n) is 12.0. The van der Waals surface area contributed by atoms with Gasteiger partial charge in [0, 0.05) is 25.7 Å². The van der Waals surface area contributed by atoms with Gasteiger partial charge in [-0.2, -0.15) is 15.0 Å². The van der Waals surface area contributed by atoms with Crippen LogP contribution in [0.15, 0.2) is 0 Å². The molecule has 1 aromatic heterocycles. The molecule has 19 heavy (non-hydrogen) atoms. The first-order valence-electron chi connectivity index (χ1n) is 6.57. The minimum absolute atomic E-state index is 0.322. The molecule has 0 bridgehead atoms. The molecule has 0 aliphatic carbocycles. The van der Waals surface area contributed by atoms with Gasteiger partial charge < -0.3 is 20.3 Å². The van der Waals surface area contributed by atoms with Gasteiger partial charge in [-0.1, -0.05) is 0 Å². The second-order valence-corrected chi connectivity index (χ2v) is 4.91. The molecule has 1 saturated heterocycles. The van der Waals surface area contributed by atoms with E-state index in [1.165, 1.54) is 0 Å². The number of hydrogen-bond donors (Lipinski definition) is 2. The molecule has 2 heterocycles. The average Bonchev–Trinajstić information content (AvgIpc) is 2.42. The Balaban J connectivity index is 2.06. The minimum atomic E-state index is 0.322. The van der Waals surface area contributed by atoms with Crippen molar-refractivity contribution in [3.8, 4) is 6.01 Å². The normalized spacial score (nSPS) is 24.0. The predicted octanol–water partition coefficient (Wildman–Crippen LogP) is 0.816. The number of ether oxygens (including phenoxy) is 1. The highest BCUT2D eigenvalue weighted by atomic mass is 16.5. The van der Waals surface area contributed by atoms with E-state index in [1.54, 1.807) is 14.2 Å². The number of nitrogens with zero attached hydrogens (tertiary/aromatic N) is 4. The molecule has 7 heteroatoms. The first-order valence-corrected chi connectivity index (χ1v) is 6.57. The van der Waals surface area contributed by atoms with Gasteiger partial charge in [-0.05, 0) is 26.8 Å². The van der Waals surface area contributed by atoms with Crippen molar-refractivity contribution in [2.75, 3.05) is 38.4 Å². The van der Waals surface area contributed by atoms with Crippen LogP contribution in [-0.4, -0.2) is 59.7 Å². The van der Waals surface area contributed by atoms with Gasteiger partial charge in [0.2, 0.25) is 11.9 Å². The Kier molecular flexibility index (Phi) is 4.36. The molecule has 7 nitrogen and oxygen atoms in total. The van der Waals surface area contributed by atoms with E-state index >= 15 is 0 Å². The summed E-state index contributed by atoms with van der Waals surface area (Å²) in [5.74, 6) is 1.08. The fourth-order valence-electron chi connectivity index (χ4n) is 2.23. The van der Waals surface area contributed by atoms with Crippen molar-refractivity contribution in [3.63, 3.8) is 0 Å². The van der Waals surface area contributed by atoms with E-state index in [4.69, 9.17) is 4.74 Å². The highest BCUT2D eigenvalue weighted by Crippen LogP contribution is 2.19. The highest BCUT2D eigenvalue weighted by Gasteiger charge is 2.23. The first-order chi connectivity index (χ1) is 9.12. The summed E-state index contributed by atoms with van der Waals surface area (Å²) in [6.07, 6.45) is 2.17. The maximum Gasteiger partial charge on any atom is 0.322 e. The number of piperidine rings is 1. The van der Waals surface area contributed by atoms with Gasteiger partial charge in [0.25, 0.3) is 0 Å². The van der Waals surface area contributed by atoms with Crippen LogP contribution in [0.4, 0.5) is 11.9 Å². The zero-order chi connectivity index (χ0) is 13.8. The summed E-state index contributed by atoms with van der Waals surface area (Å²) in [4.78, 5) is 15.0.